The predicted octanol–water partition coefficient (Wildman–Crippen LogP) is 0.674. The van der Waals surface area contributed by atoms with Gasteiger partial charge in [0.05, 0.1) is 19.0 Å². The molecule has 88 valence electrons. The number of hydrogen-bond donors (Lipinski definition) is 1. The van der Waals surface area contributed by atoms with Gasteiger partial charge in [0.2, 0.25) is 0 Å². The second kappa shape index (κ2) is 4.65. The average molecular weight is 223 g/mol. The Kier molecular flexibility index (Phi) is 3.24. The molecule has 1 aliphatic rings. The number of methoxy groups -OCH3 is 1. The van der Waals surface area contributed by atoms with E-state index in [1.165, 1.54) is 7.11 Å². The Morgan fingerprint density at radius 1 is 1.69 bits per heavy atom. The molecule has 1 N–H and O–H groups in total. The number of rotatable bonds is 2. The van der Waals surface area contributed by atoms with E-state index in [0.717, 1.165) is 31.6 Å². The van der Waals surface area contributed by atoms with Gasteiger partial charge in [0.1, 0.15) is 5.56 Å². The van der Waals surface area contributed by atoms with E-state index in [-0.39, 0.29) is 5.97 Å². The number of piperidine rings is 1. The van der Waals surface area contributed by atoms with Crippen LogP contribution in [0.25, 0.3) is 0 Å². The molecule has 0 aromatic carbocycles. The molecule has 0 radical (unpaired) electrons. The lowest BCUT2D eigenvalue weighted by atomic mass is 9.93. The molecule has 0 bridgehead atoms. The molecular weight excluding hydrogens is 206 g/mol. The normalized spacial score (nSPS) is 20.8. The zero-order valence-corrected chi connectivity index (χ0v) is 9.69. The van der Waals surface area contributed by atoms with Crippen LogP contribution in [0.2, 0.25) is 0 Å². The third-order valence-electron chi connectivity index (χ3n) is 3.07. The molecule has 1 unspecified atom stereocenters. The van der Waals surface area contributed by atoms with Crippen molar-refractivity contribution in [3.63, 3.8) is 0 Å². The lowest BCUT2D eigenvalue weighted by Gasteiger charge is -2.23. The fourth-order valence-electron chi connectivity index (χ4n) is 2.28. The van der Waals surface area contributed by atoms with E-state index in [1.54, 1.807) is 10.9 Å². The van der Waals surface area contributed by atoms with Gasteiger partial charge in [0.25, 0.3) is 0 Å². The van der Waals surface area contributed by atoms with Gasteiger partial charge in [0, 0.05) is 19.5 Å². The first kappa shape index (κ1) is 11.1. The van der Waals surface area contributed by atoms with Gasteiger partial charge in [-0.25, -0.2) is 4.79 Å². The highest BCUT2D eigenvalue weighted by Gasteiger charge is 2.25. The summed E-state index contributed by atoms with van der Waals surface area (Å²) in [7, 11) is 3.27. The molecule has 2 heterocycles. The molecule has 16 heavy (non-hydrogen) atoms. The zero-order valence-electron chi connectivity index (χ0n) is 9.69. The Bertz CT molecular complexity index is 381. The van der Waals surface area contributed by atoms with Crippen molar-refractivity contribution in [3.8, 4) is 0 Å². The standard InChI is InChI=1S/C11H17N3O2/c1-14-10(8-4-3-5-12-6-8)9(7-13-14)11(15)16-2/h7-8,12H,3-6H2,1-2H3. The maximum Gasteiger partial charge on any atom is 0.341 e. The van der Waals surface area contributed by atoms with E-state index in [1.807, 2.05) is 7.05 Å². The maximum absolute atomic E-state index is 11.6. The van der Waals surface area contributed by atoms with E-state index < -0.39 is 0 Å². The van der Waals surface area contributed by atoms with Crippen molar-refractivity contribution < 1.29 is 9.53 Å². The third kappa shape index (κ3) is 1.95. The molecule has 1 aromatic rings. The van der Waals surface area contributed by atoms with Crippen LogP contribution in [0.1, 0.15) is 34.8 Å². The smallest absolute Gasteiger partial charge is 0.341 e. The van der Waals surface area contributed by atoms with Crippen molar-refractivity contribution >= 4 is 5.97 Å². The predicted molar refractivity (Wildman–Crippen MR) is 59.4 cm³/mol. The molecule has 1 saturated heterocycles. The molecule has 5 heteroatoms. The van der Waals surface area contributed by atoms with Crippen LogP contribution in [0, 0.1) is 0 Å². The Morgan fingerprint density at radius 2 is 2.50 bits per heavy atom. The second-order valence-electron chi connectivity index (χ2n) is 4.10. The van der Waals surface area contributed by atoms with Crippen LogP contribution in [0.5, 0.6) is 0 Å². The van der Waals surface area contributed by atoms with Gasteiger partial charge in [0.15, 0.2) is 0 Å². The first-order chi connectivity index (χ1) is 7.74. The highest BCUT2D eigenvalue weighted by molar-refractivity contribution is 5.90. The summed E-state index contributed by atoms with van der Waals surface area (Å²) in [5.74, 6) is 0.0593. The highest BCUT2D eigenvalue weighted by Crippen LogP contribution is 2.26. The van der Waals surface area contributed by atoms with Crippen molar-refractivity contribution in [2.45, 2.75) is 18.8 Å². The van der Waals surface area contributed by atoms with Crippen molar-refractivity contribution in [2.75, 3.05) is 20.2 Å². The average Bonchev–Trinajstić information content (AvgIpc) is 2.71. The fraction of sp³-hybridized carbons (Fsp3) is 0.636. The van der Waals surface area contributed by atoms with Gasteiger partial charge in [-0.15, -0.1) is 0 Å². The van der Waals surface area contributed by atoms with Crippen LogP contribution >= 0.6 is 0 Å². The van der Waals surface area contributed by atoms with Crippen LogP contribution in [0.15, 0.2) is 6.20 Å². The minimum Gasteiger partial charge on any atom is -0.465 e. The van der Waals surface area contributed by atoms with Crippen LogP contribution in [0.3, 0.4) is 0 Å². The van der Waals surface area contributed by atoms with Crippen LogP contribution in [-0.2, 0) is 11.8 Å². The number of aromatic nitrogens is 2. The lowest BCUT2D eigenvalue weighted by molar-refractivity contribution is 0.0598. The third-order valence-corrected chi connectivity index (χ3v) is 3.07. The summed E-state index contributed by atoms with van der Waals surface area (Å²) in [5, 5.41) is 7.49. The van der Waals surface area contributed by atoms with E-state index in [9.17, 15) is 4.79 Å². The first-order valence-electron chi connectivity index (χ1n) is 5.55. The summed E-state index contributed by atoms with van der Waals surface area (Å²) < 4.78 is 6.55. The topological polar surface area (TPSA) is 56.1 Å². The Hall–Kier alpha value is -1.36. The van der Waals surface area contributed by atoms with Crippen molar-refractivity contribution in [2.24, 2.45) is 7.05 Å². The van der Waals surface area contributed by atoms with Crippen LogP contribution < -0.4 is 5.32 Å². The molecule has 1 aromatic heterocycles. The van der Waals surface area contributed by atoms with Gasteiger partial charge in [-0.1, -0.05) is 0 Å². The SMILES string of the molecule is COC(=O)c1cnn(C)c1C1CCCNC1. The van der Waals surface area contributed by atoms with Crippen molar-refractivity contribution in [3.05, 3.63) is 17.5 Å². The minimum absolute atomic E-state index is 0.298. The second-order valence-corrected chi connectivity index (χ2v) is 4.10. The van der Waals surface area contributed by atoms with Gasteiger partial charge in [-0.05, 0) is 19.4 Å². The minimum atomic E-state index is -0.298. The number of carbonyl (C=O) groups excluding carboxylic acids is 1. The zero-order chi connectivity index (χ0) is 11.5. The molecule has 1 atom stereocenters. The molecule has 5 nitrogen and oxygen atoms in total. The number of ether oxygens (including phenoxy) is 1. The Labute approximate surface area is 94.8 Å². The summed E-state index contributed by atoms with van der Waals surface area (Å²) in [6.07, 6.45) is 3.82. The number of nitrogens with zero attached hydrogens (tertiary/aromatic N) is 2. The van der Waals surface area contributed by atoms with Crippen molar-refractivity contribution in [1.29, 1.82) is 0 Å². The summed E-state index contributed by atoms with van der Waals surface area (Å²) in [6, 6.07) is 0. The Morgan fingerprint density at radius 3 is 3.12 bits per heavy atom. The van der Waals surface area contributed by atoms with E-state index >= 15 is 0 Å². The van der Waals surface area contributed by atoms with Gasteiger partial charge in [-0.2, -0.15) is 5.10 Å². The van der Waals surface area contributed by atoms with Gasteiger partial charge >= 0.3 is 5.97 Å². The fourth-order valence-corrected chi connectivity index (χ4v) is 2.28. The van der Waals surface area contributed by atoms with Crippen LogP contribution in [0.4, 0.5) is 0 Å². The molecular formula is C11H17N3O2. The molecule has 0 saturated carbocycles. The van der Waals surface area contributed by atoms with Crippen molar-refractivity contribution in [1.82, 2.24) is 15.1 Å². The van der Waals surface area contributed by atoms with E-state index in [0.29, 0.717) is 11.5 Å². The number of carbonyl (C=O) groups is 1. The monoisotopic (exact) mass is 223 g/mol. The summed E-state index contributed by atoms with van der Waals surface area (Å²) in [4.78, 5) is 11.6. The molecule has 2 rings (SSSR count). The van der Waals surface area contributed by atoms with Gasteiger partial charge < -0.3 is 10.1 Å². The maximum atomic E-state index is 11.6. The van der Waals surface area contributed by atoms with Crippen LogP contribution in [-0.4, -0.2) is 35.9 Å². The highest BCUT2D eigenvalue weighted by atomic mass is 16.5. The lowest BCUT2D eigenvalue weighted by Crippen LogP contribution is -2.30. The summed E-state index contributed by atoms with van der Waals surface area (Å²) in [5.41, 5.74) is 1.58. The molecule has 1 aliphatic heterocycles. The first-order valence-corrected chi connectivity index (χ1v) is 5.55. The quantitative estimate of drug-likeness (QED) is 0.749. The number of esters is 1. The van der Waals surface area contributed by atoms with E-state index in [2.05, 4.69) is 10.4 Å². The molecule has 0 spiro atoms. The summed E-state index contributed by atoms with van der Waals surface area (Å²) >= 11 is 0. The number of aryl methyl sites for hydroxylation is 1. The van der Waals surface area contributed by atoms with E-state index in [4.69, 9.17) is 4.74 Å². The Balaban J connectivity index is 2.30. The largest absolute Gasteiger partial charge is 0.465 e. The number of hydrogen-bond acceptors (Lipinski definition) is 4. The molecule has 1 fully saturated rings. The number of nitrogens with one attached hydrogen (secondary N) is 1. The molecule has 0 aliphatic carbocycles. The summed E-state index contributed by atoms with van der Waals surface area (Å²) in [6.45, 7) is 1.96. The van der Waals surface area contributed by atoms with Gasteiger partial charge in [-0.3, -0.25) is 4.68 Å². The molecule has 0 amide bonds.